The number of ether oxygens (including phenoxy) is 1. The molecule has 0 saturated heterocycles. The summed E-state index contributed by atoms with van der Waals surface area (Å²) in [7, 11) is 1.93. The van der Waals surface area contributed by atoms with Gasteiger partial charge in [0.2, 0.25) is 0 Å². The first-order valence-corrected chi connectivity index (χ1v) is 8.76. The second kappa shape index (κ2) is 11.2. The lowest BCUT2D eigenvalue weighted by Crippen LogP contribution is -2.39. The third kappa shape index (κ3) is 7.34. The van der Waals surface area contributed by atoms with Crippen LogP contribution in [0, 0.1) is 0 Å². The number of hydrogen-bond acceptors (Lipinski definition) is 4. The number of rotatable bonds is 10. The first-order chi connectivity index (χ1) is 12.3. The number of aliphatic imine (C=N–C) groups is 1. The number of nitrogens with one attached hydrogen (secondary N) is 2. The molecule has 2 heterocycles. The summed E-state index contributed by atoms with van der Waals surface area (Å²) in [5.41, 5.74) is 2.14. The molecule has 0 aliphatic carbocycles. The first-order valence-electron chi connectivity index (χ1n) is 8.76. The van der Waals surface area contributed by atoms with Gasteiger partial charge in [-0.25, -0.2) is 4.99 Å². The third-order valence-electron chi connectivity index (χ3n) is 3.68. The van der Waals surface area contributed by atoms with Crippen molar-refractivity contribution in [3.8, 4) is 0 Å². The van der Waals surface area contributed by atoms with Gasteiger partial charge in [-0.05, 0) is 31.5 Å². The molecular weight excluding hydrogens is 316 g/mol. The molecule has 2 rings (SSSR count). The van der Waals surface area contributed by atoms with E-state index in [1.54, 1.807) is 6.20 Å². The fourth-order valence-electron chi connectivity index (χ4n) is 2.27. The molecule has 0 spiro atoms. The summed E-state index contributed by atoms with van der Waals surface area (Å²) in [4.78, 5) is 8.99. The molecule has 0 saturated carbocycles. The Balaban J connectivity index is 1.83. The molecule has 25 heavy (non-hydrogen) atoms. The van der Waals surface area contributed by atoms with Gasteiger partial charge in [-0.3, -0.25) is 9.67 Å². The number of pyridine rings is 1. The predicted molar refractivity (Wildman–Crippen MR) is 99.4 cm³/mol. The summed E-state index contributed by atoms with van der Waals surface area (Å²) in [6, 6.07) is 7.94. The van der Waals surface area contributed by atoms with Crippen LogP contribution in [0.3, 0.4) is 0 Å². The molecule has 2 aromatic heterocycles. The molecule has 0 unspecified atom stereocenters. The SMILES string of the molecule is CCOCCCNC(=NCc1ccnn1C)NCCc1ccccn1. The summed E-state index contributed by atoms with van der Waals surface area (Å²) < 4.78 is 7.21. The lowest BCUT2D eigenvalue weighted by molar-refractivity contribution is 0.145. The van der Waals surface area contributed by atoms with Gasteiger partial charge < -0.3 is 15.4 Å². The summed E-state index contributed by atoms with van der Waals surface area (Å²) in [5.74, 6) is 0.800. The lowest BCUT2D eigenvalue weighted by atomic mass is 10.3. The van der Waals surface area contributed by atoms with Crippen LogP contribution in [0.25, 0.3) is 0 Å². The zero-order valence-corrected chi connectivity index (χ0v) is 15.1. The molecule has 0 radical (unpaired) electrons. The second-order valence-corrected chi connectivity index (χ2v) is 5.59. The quantitative estimate of drug-likeness (QED) is 0.388. The number of aryl methyl sites for hydroxylation is 1. The van der Waals surface area contributed by atoms with E-state index in [1.807, 2.05) is 49.1 Å². The van der Waals surface area contributed by atoms with Crippen LogP contribution in [-0.2, 0) is 24.8 Å². The molecule has 0 amide bonds. The van der Waals surface area contributed by atoms with E-state index < -0.39 is 0 Å². The van der Waals surface area contributed by atoms with Crippen LogP contribution in [0.15, 0.2) is 41.7 Å². The van der Waals surface area contributed by atoms with Gasteiger partial charge in [-0.15, -0.1) is 0 Å². The van der Waals surface area contributed by atoms with Crippen molar-refractivity contribution in [1.82, 2.24) is 25.4 Å². The van der Waals surface area contributed by atoms with Crippen LogP contribution < -0.4 is 10.6 Å². The van der Waals surface area contributed by atoms with E-state index in [2.05, 4.69) is 25.7 Å². The van der Waals surface area contributed by atoms with Crippen molar-refractivity contribution < 1.29 is 4.74 Å². The Hall–Kier alpha value is -2.41. The van der Waals surface area contributed by atoms with Crippen LogP contribution in [0.4, 0.5) is 0 Å². The molecule has 0 aromatic carbocycles. The average molecular weight is 344 g/mol. The third-order valence-corrected chi connectivity index (χ3v) is 3.68. The number of aromatic nitrogens is 3. The zero-order valence-electron chi connectivity index (χ0n) is 15.1. The molecular formula is C18H28N6O. The molecule has 136 valence electrons. The Morgan fingerprint density at radius 2 is 2.08 bits per heavy atom. The van der Waals surface area contributed by atoms with Crippen molar-refractivity contribution in [2.45, 2.75) is 26.3 Å². The molecule has 2 N–H and O–H groups in total. The zero-order chi connectivity index (χ0) is 17.7. The fraction of sp³-hybridized carbons (Fsp3) is 0.500. The Bertz CT molecular complexity index is 626. The van der Waals surface area contributed by atoms with E-state index in [1.165, 1.54) is 0 Å². The van der Waals surface area contributed by atoms with Crippen molar-refractivity contribution in [2.75, 3.05) is 26.3 Å². The minimum Gasteiger partial charge on any atom is -0.382 e. The molecule has 0 bridgehead atoms. The molecule has 0 fully saturated rings. The van der Waals surface area contributed by atoms with Gasteiger partial charge in [0.1, 0.15) is 0 Å². The standard InChI is InChI=1S/C18H28N6O/c1-3-25-14-6-11-20-18(22-15-17-9-13-23-24(17)2)21-12-8-16-7-4-5-10-19-16/h4-5,7,9-10,13H,3,6,8,11-12,14-15H2,1-2H3,(H2,20,21,22). The second-order valence-electron chi connectivity index (χ2n) is 5.59. The van der Waals surface area contributed by atoms with Gasteiger partial charge in [-0.1, -0.05) is 6.07 Å². The van der Waals surface area contributed by atoms with E-state index in [-0.39, 0.29) is 0 Å². The number of hydrogen-bond donors (Lipinski definition) is 2. The van der Waals surface area contributed by atoms with Gasteiger partial charge in [0.05, 0.1) is 12.2 Å². The van der Waals surface area contributed by atoms with Gasteiger partial charge in [0.15, 0.2) is 5.96 Å². The topological polar surface area (TPSA) is 76.4 Å². The minimum absolute atomic E-state index is 0.584. The van der Waals surface area contributed by atoms with Crippen LogP contribution >= 0.6 is 0 Å². The largest absolute Gasteiger partial charge is 0.382 e. The van der Waals surface area contributed by atoms with Crippen LogP contribution in [0.5, 0.6) is 0 Å². The van der Waals surface area contributed by atoms with E-state index in [9.17, 15) is 0 Å². The van der Waals surface area contributed by atoms with Crippen molar-refractivity contribution in [2.24, 2.45) is 12.0 Å². The predicted octanol–water partition coefficient (Wildman–Crippen LogP) is 1.52. The van der Waals surface area contributed by atoms with E-state index >= 15 is 0 Å². The van der Waals surface area contributed by atoms with Crippen molar-refractivity contribution in [1.29, 1.82) is 0 Å². The molecule has 0 aliphatic heterocycles. The first kappa shape index (κ1) is 18.9. The van der Waals surface area contributed by atoms with Gasteiger partial charge in [0.25, 0.3) is 0 Å². The Morgan fingerprint density at radius 1 is 1.20 bits per heavy atom. The minimum atomic E-state index is 0.584. The fourth-order valence-corrected chi connectivity index (χ4v) is 2.27. The van der Waals surface area contributed by atoms with Crippen LogP contribution in [0.2, 0.25) is 0 Å². The highest BCUT2D eigenvalue weighted by atomic mass is 16.5. The maximum atomic E-state index is 5.37. The van der Waals surface area contributed by atoms with Crippen molar-refractivity contribution in [3.05, 3.63) is 48.0 Å². The maximum Gasteiger partial charge on any atom is 0.191 e. The van der Waals surface area contributed by atoms with Crippen molar-refractivity contribution in [3.63, 3.8) is 0 Å². The molecule has 2 aromatic rings. The van der Waals surface area contributed by atoms with E-state index in [4.69, 9.17) is 4.74 Å². The summed E-state index contributed by atoms with van der Waals surface area (Å²) in [6.07, 6.45) is 5.40. The van der Waals surface area contributed by atoms with E-state index in [0.29, 0.717) is 6.54 Å². The maximum absolute atomic E-state index is 5.37. The van der Waals surface area contributed by atoms with Crippen LogP contribution in [-0.4, -0.2) is 47.0 Å². The Morgan fingerprint density at radius 3 is 2.80 bits per heavy atom. The molecule has 7 heteroatoms. The van der Waals surface area contributed by atoms with E-state index in [0.717, 1.165) is 56.5 Å². The van der Waals surface area contributed by atoms with Crippen molar-refractivity contribution >= 4 is 5.96 Å². The van der Waals surface area contributed by atoms with Crippen LogP contribution in [0.1, 0.15) is 24.7 Å². The normalized spacial score (nSPS) is 11.5. The highest BCUT2D eigenvalue weighted by molar-refractivity contribution is 5.79. The summed E-state index contributed by atoms with van der Waals surface area (Å²) in [5, 5.41) is 10.9. The van der Waals surface area contributed by atoms with Gasteiger partial charge in [-0.2, -0.15) is 5.10 Å². The Kier molecular flexibility index (Phi) is 8.48. The lowest BCUT2D eigenvalue weighted by Gasteiger charge is -2.12. The number of guanidine groups is 1. The molecule has 0 aliphatic rings. The number of nitrogens with zero attached hydrogens (tertiary/aromatic N) is 4. The average Bonchev–Trinajstić information content (AvgIpc) is 3.05. The highest BCUT2D eigenvalue weighted by Crippen LogP contribution is 1.98. The van der Waals surface area contributed by atoms with Gasteiger partial charge in [0, 0.05) is 57.9 Å². The molecule has 7 nitrogen and oxygen atoms in total. The highest BCUT2D eigenvalue weighted by Gasteiger charge is 2.02. The summed E-state index contributed by atoms with van der Waals surface area (Å²) >= 11 is 0. The Labute approximate surface area is 149 Å². The van der Waals surface area contributed by atoms with Gasteiger partial charge >= 0.3 is 0 Å². The summed E-state index contributed by atoms with van der Waals surface area (Å²) in [6.45, 7) is 5.70. The molecule has 0 atom stereocenters. The smallest absolute Gasteiger partial charge is 0.191 e. The monoisotopic (exact) mass is 344 g/mol.